The predicted octanol–water partition coefficient (Wildman–Crippen LogP) is 1.92. The molecule has 1 aromatic carbocycles. The number of carbonyl (C=O) groups is 3. The van der Waals surface area contributed by atoms with E-state index in [-0.39, 0.29) is 30.7 Å². The largest absolute Gasteiger partial charge is 0.458 e. The van der Waals surface area contributed by atoms with Gasteiger partial charge < -0.3 is 10.1 Å². The summed E-state index contributed by atoms with van der Waals surface area (Å²) < 4.78 is 5.19. The Labute approximate surface area is 151 Å². The number of benzene rings is 1. The fraction of sp³-hybridized carbons (Fsp3) is 0.389. The van der Waals surface area contributed by atoms with Crippen LogP contribution >= 0.6 is 11.8 Å². The zero-order valence-corrected chi connectivity index (χ0v) is 15.2. The molecule has 0 radical (unpaired) electrons. The molecule has 1 saturated heterocycles. The third-order valence-corrected chi connectivity index (χ3v) is 4.41. The van der Waals surface area contributed by atoms with E-state index in [1.54, 1.807) is 0 Å². The third-order valence-electron chi connectivity index (χ3n) is 3.39. The minimum Gasteiger partial charge on any atom is -0.458 e. The van der Waals surface area contributed by atoms with Crippen LogP contribution in [0.15, 0.2) is 41.4 Å². The first-order chi connectivity index (χ1) is 12.0. The quantitative estimate of drug-likeness (QED) is 0.592. The molecule has 1 aliphatic heterocycles. The fourth-order valence-electron chi connectivity index (χ4n) is 2.09. The molecule has 1 aromatic rings. The molecule has 1 aliphatic rings. The number of nitrogens with one attached hydrogen (secondary N) is 1. The number of ether oxygens (including phenoxy) is 1. The van der Waals surface area contributed by atoms with E-state index in [9.17, 15) is 14.4 Å². The molecule has 0 unspecified atom stereocenters. The molecular formula is C18H22N2O4S. The minimum absolute atomic E-state index is 0.0870. The van der Waals surface area contributed by atoms with Crippen molar-refractivity contribution in [1.29, 1.82) is 0 Å². The van der Waals surface area contributed by atoms with Crippen LogP contribution in [0.3, 0.4) is 0 Å². The van der Waals surface area contributed by atoms with Crippen LogP contribution in [0.2, 0.25) is 0 Å². The maximum absolute atomic E-state index is 12.0. The van der Waals surface area contributed by atoms with Gasteiger partial charge in [0.25, 0.3) is 0 Å². The number of carbonyl (C=O) groups excluding carboxylic acids is 3. The van der Waals surface area contributed by atoms with E-state index in [1.165, 1.54) is 22.7 Å². The molecule has 25 heavy (non-hydrogen) atoms. The van der Waals surface area contributed by atoms with Crippen LogP contribution in [0, 0.1) is 5.92 Å². The summed E-state index contributed by atoms with van der Waals surface area (Å²) in [6.45, 7) is 4.61. The van der Waals surface area contributed by atoms with Crippen molar-refractivity contribution >= 4 is 29.5 Å². The molecule has 0 bridgehead atoms. The third kappa shape index (κ3) is 6.26. The lowest BCUT2D eigenvalue weighted by Gasteiger charge is -2.17. The molecule has 2 amide bonds. The highest BCUT2D eigenvalue weighted by molar-refractivity contribution is 8.04. The molecule has 6 nitrogen and oxygen atoms in total. The SMILES string of the molecule is CC(C)CNC(=O)CN1C(=O)CS/C1=C\C(=O)OCc1ccccc1. The van der Waals surface area contributed by atoms with Crippen molar-refractivity contribution in [3.63, 3.8) is 0 Å². The maximum atomic E-state index is 12.0. The number of nitrogens with zero attached hydrogens (tertiary/aromatic N) is 1. The summed E-state index contributed by atoms with van der Waals surface area (Å²) in [5, 5.41) is 3.21. The Morgan fingerprint density at radius 3 is 2.72 bits per heavy atom. The summed E-state index contributed by atoms with van der Waals surface area (Å²) in [5.41, 5.74) is 0.884. The second kappa shape index (κ2) is 9.27. The maximum Gasteiger partial charge on any atom is 0.333 e. The smallest absolute Gasteiger partial charge is 0.333 e. The van der Waals surface area contributed by atoms with Gasteiger partial charge in [0.15, 0.2) is 0 Å². The van der Waals surface area contributed by atoms with Crippen LogP contribution in [-0.4, -0.2) is 41.5 Å². The Kier molecular flexibility index (Phi) is 7.06. The van der Waals surface area contributed by atoms with Crippen LogP contribution in [0.25, 0.3) is 0 Å². The Hall–Kier alpha value is -2.28. The van der Waals surface area contributed by atoms with Crippen molar-refractivity contribution in [3.8, 4) is 0 Å². The average Bonchev–Trinajstić information content (AvgIpc) is 2.92. The molecule has 0 saturated carbocycles. The number of hydrogen-bond donors (Lipinski definition) is 1. The van der Waals surface area contributed by atoms with E-state index in [4.69, 9.17) is 4.74 Å². The zero-order chi connectivity index (χ0) is 18.2. The monoisotopic (exact) mass is 362 g/mol. The molecule has 1 fully saturated rings. The summed E-state index contributed by atoms with van der Waals surface area (Å²) in [4.78, 5) is 37.2. The average molecular weight is 362 g/mol. The molecule has 0 aromatic heterocycles. The van der Waals surface area contributed by atoms with Gasteiger partial charge in [-0.05, 0) is 11.5 Å². The number of hydrogen-bond acceptors (Lipinski definition) is 5. The van der Waals surface area contributed by atoms with Gasteiger partial charge in [0.1, 0.15) is 13.2 Å². The van der Waals surface area contributed by atoms with Gasteiger partial charge in [-0.15, -0.1) is 0 Å². The second-order valence-corrected chi connectivity index (χ2v) is 7.04. The van der Waals surface area contributed by atoms with Crippen molar-refractivity contribution in [2.24, 2.45) is 5.92 Å². The van der Waals surface area contributed by atoms with Gasteiger partial charge in [0.2, 0.25) is 11.8 Å². The fourth-order valence-corrected chi connectivity index (χ4v) is 3.02. The van der Waals surface area contributed by atoms with E-state index in [0.717, 1.165) is 5.56 Å². The lowest BCUT2D eigenvalue weighted by molar-refractivity contribution is -0.139. The summed E-state index contributed by atoms with van der Waals surface area (Å²) in [6.07, 6.45) is 1.27. The van der Waals surface area contributed by atoms with Crippen molar-refractivity contribution in [3.05, 3.63) is 47.0 Å². The molecule has 0 spiro atoms. The highest BCUT2D eigenvalue weighted by Gasteiger charge is 2.29. The Morgan fingerprint density at radius 1 is 1.32 bits per heavy atom. The van der Waals surface area contributed by atoms with Crippen molar-refractivity contribution in [1.82, 2.24) is 10.2 Å². The Balaban J connectivity index is 1.91. The van der Waals surface area contributed by atoms with Crippen LogP contribution < -0.4 is 5.32 Å². The number of amides is 2. The minimum atomic E-state index is -0.534. The van der Waals surface area contributed by atoms with E-state index in [1.807, 2.05) is 44.2 Å². The summed E-state index contributed by atoms with van der Waals surface area (Å²) in [7, 11) is 0. The summed E-state index contributed by atoms with van der Waals surface area (Å²) >= 11 is 1.23. The lowest BCUT2D eigenvalue weighted by Crippen LogP contribution is -2.38. The van der Waals surface area contributed by atoms with Crippen LogP contribution in [-0.2, 0) is 25.7 Å². The van der Waals surface area contributed by atoms with Gasteiger partial charge in [-0.1, -0.05) is 55.9 Å². The van der Waals surface area contributed by atoms with Gasteiger partial charge in [-0.2, -0.15) is 0 Å². The van der Waals surface area contributed by atoms with Crippen molar-refractivity contribution in [2.45, 2.75) is 20.5 Å². The number of rotatable bonds is 7. The van der Waals surface area contributed by atoms with Crippen molar-refractivity contribution < 1.29 is 19.1 Å². The first-order valence-electron chi connectivity index (χ1n) is 8.08. The van der Waals surface area contributed by atoms with Crippen LogP contribution in [0.4, 0.5) is 0 Å². The van der Waals surface area contributed by atoms with Crippen LogP contribution in [0.5, 0.6) is 0 Å². The molecule has 1 heterocycles. The van der Waals surface area contributed by atoms with Gasteiger partial charge >= 0.3 is 5.97 Å². The molecule has 0 atom stereocenters. The highest BCUT2D eigenvalue weighted by atomic mass is 32.2. The topological polar surface area (TPSA) is 75.7 Å². The first-order valence-corrected chi connectivity index (χ1v) is 9.06. The zero-order valence-electron chi connectivity index (χ0n) is 14.4. The van der Waals surface area contributed by atoms with Gasteiger partial charge in [0, 0.05) is 6.54 Å². The van der Waals surface area contributed by atoms with Gasteiger partial charge in [0.05, 0.1) is 16.9 Å². The number of esters is 1. The molecular weight excluding hydrogens is 340 g/mol. The lowest BCUT2D eigenvalue weighted by atomic mass is 10.2. The van der Waals surface area contributed by atoms with Crippen LogP contribution in [0.1, 0.15) is 19.4 Å². The number of thioether (sulfide) groups is 1. The van der Waals surface area contributed by atoms with Gasteiger partial charge in [-0.3, -0.25) is 14.5 Å². The van der Waals surface area contributed by atoms with E-state index >= 15 is 0 Å². The Morgan fingerprint density at radius 2 is 2.04 bits per heavy atom. The molecule has 2 rings (SSSR count). The molecule has 134 valence electrons. The van der Waals surface area contributed by atoms with E-state index in [0.29, 0.717) is 17.5 Å². The normalized spacial score (nSPS) is 15.7. The second-order valence-electron chi connectivity index (χ2n) is 6.04. The summed E-state index contributed by atoms with van der Waals surface area (Å²) in [5.74, 6) is -0.418. The molecule has 7 heteroatoms. The van der Waals surface area contributed by atoms with Gasteiger partial charge in [-0.25, -0.2) is 4.79 Å². The molecule has 0 aliphatic carbocycles. The first kappa shape index (κ1) is 19.1. The predicted molar refractivity (Wildman–Crippen MR) is 96.3 cm³/mol. The standard InChI is InChI=1S/C18H22N2O4S/c1-13(2)9-19-15(21)10-20-16(22)12-25-17(20)8-18(23)24-11-14-6-4-3-5-7-14/h3-8,13H,9-12H2,1-2H3,(H,19,21)/b17-8-. The van der Waals surface area contributed by atoms with E-state index in [2.05, 4.69) is 5.32 Å². The Bertz CT molecular complexity index is 658. The highest BCUT2D eigenvalue weighted by Crippen LogP contribution is 2.28. The molecule has 1 N–H and O–H groups in total. The summed E-state index contributed by atoms with van der Waals surface area (Å²) in [6, 6.07) is 9.34. The van der Waals surface area contributed by atoms with E-state index < -0.39 is 5.97 Å². The van der Waals surface area contributed by atoms with Crippen molar-refractivity contribution in [2.75, 3.05) is 18.8 Å².